The van der Waals surface area contributed by atoms with Crippen LogP contribution in [0.3, 0.4) is 0 Å². The average molecular weight is 404 g/mol. The van der Waals surface area contributed by atoms with Crippen molar-refractivity contribution in [2.24, 2.45) is 5.92 Å². The molecule has 0 aliphatic heterocycles. The monoisotopic (exact) mass is 403 g/mol. The van der Waals surface area contributed by atoms with Crippen molar-refractivity contribution in [1.82, 2.24) is 10.6 Å². The second kappa shape index (κ2) is 9.60. The summed E-state index contributed by atoms with van der Waals surface area (Å²) in [5.74, 6) is -0.965. The fourth-order valence-electron chi connectivity index (χ4n) is 2.68. The minimum atomic E-state index is -0.930. The lowest BCUT2D eigenvalue weighted by atomic mass is 9.98. The number of nitriles is 1. The molecular formula is C20H25N3O4S. The van der Waals surface area contributed by atoms with E-state index in [-0.39, 0.29) is 23.6 Å². The number of hydrogen-bond donors (Lipinski definition) is 2. The van der Waals surface area contributed by atoms with Gasteiger partial charge in [0.25, 0.3) is 5.91 Å². The first kappa shape index (κ1) is 21.8. The summed E-state index contributed by atoms with van der Waals surface area (Å²) in [6, 6.07) is 8.94. The molecule has 150 valence electrons. The van der Waals surface area contributed by atoms with Gasteiger partial charge in [0.15, 0.2) is 6.61 Å². The van der Waals surface area contributed by atoms with Crippen LogP contribution in [-0.2, 0) is 14.3 Å². The van der Waals surface area contributed by atoms with Crippen molar-refractivity contribution in [1.29, 1.82) is 5.26 Å². The molecule has 2 N–H and O–H groups in total. The summed E-state index contributed by atoms with van der Waals surface area (Å²) in [5, 5.41) is 14.7. The molecule has 0 bridgehead atoms. The number of nitrogens with zero attached hydrogens (tertiary/aromatic N) is 1. The van der Waals surface area contributed by atoms with Gasteiger partial charge in [0.2, 0.25) is 5.91 Å². The molecular weight excluding hydrogens is 378 g/mol. The highest BCUT2D eigenvalue weighted by molar-refractivity contribution is 8.00. The van der Waals surface area contributed by atoms with Gasteiger partial charge in [0, 0.05) is 10.9 Å². The summed E-state index contributed by atoms with van der Waals surface area (Å²) in [4.78, 5) is 36.9. The van der Waals surface area contributed by atoms with Crippen LogP contribution in [0.15, 0.2) is 29.2 Å². The standard InChI is InChI=1S/C20H25N3O4S/c1-13(2)22-18(25)11-28-16-7-5-4-6-15(16)19(26)27-10-17(24)23-20(3,12-21)14-8-9-14/h4-7,13-14H,8-11H2,1-3H3,(H,22,25)(H,23,24)/t20-/m1/s1. The van der Waals surface area contributed by atoms with E-state index >= 15 is 0 Å². The van der Waals surface area contributed by atoms with Crippen LogP contribution in [0.4, 0.5) is 0 Å². The molecule has 1 aromatic rings. The van der Waals surface area contributed by atoms with E-state index in [2.05, 4.69) is 16.7 Å². The van der Waals surface area contributed by atoms with E-state index in [1.165, 1.54) is 11.8 Å². The van der Waals surface area contributed by atoms with Crippen molar-refractivity contribution in [2.75, 3.05) is 12.4 Å². The number of nitrogens with one attached hydrogen (secondary N) is 2. The molecule has 1 saturated carbocycles. The van der Waals surface area contributed by atoms with Crippen LogP contribution in [0.1, 0.15) is 44.0 Å². The molecule has 0 spiro atoms. The van der Waals surface area contributed by atoms with Crippen molar-refractivity contribution in [3.63, 3.8) is 0 Å². The fraction of sp³-hybridized carbons (Fsp3) is 0.500. The molecule has 0 aromatic heterocycles. The molecule has 0 saturated heterocycles. The SMILES string of the molecule is CC(C)NC(=O)CSc1ccccc1C(=O)OCC(=O)N[C@](C)(C#N)C1CC1. The number of hydrogen-bond acceptors (Lipinski definition) is 6. The van der Waals surface area contributed by atoms with Gasteiger partial charge in [0.05, 0.1) is 17.4 Å². The Morgan fingerprint density at radius 1 is 1.29 bits per heavy atom. The quantitative estimate of drug-likeness (QED) is 0.484. The average Bonchev–Trinajstić information content (AvgIpc) is 3.50. The second-order valence-corrected chi connectivity index (χ2v) is 8.24. The molecule has 1 atom stereocenters. The van der Waals surface area contributed by atoms with E-state index in [1.807, 2.05) is 13.8 Å². The Hall–Kier alpha value is -2.53. The van der Waals surface area contributed by atoms with Gasteiger partial charge in [0.1, 0.15) is 5.54 Å². The van der Waals surface area contributed by atoms with E-state index in [4.69, 9.17) is 4.74 Å². The number of ether oxygens (including phenoxy) is 1. The second-order valence-electron chi connectivity index (χ2n) is 7.22. The number of carbonyl (C=O) groups is 3. The number of carbonyl (C=O) groups excluding carboxylic acids is 3. The smallest absolute Gasteiger partial charge is 0.339 e. The van der Waals surface area contributed by atoms with Gasteiger partial charge >= 0.3 is 5.97 Å². The molecule has 2 amide bonds. The number of benzene rings is 1. The minimum Gasteiger partial charge on any atom is -0.452 e. The summed E-state index contributed by atoms with van der Waals surface area (Å²) >= 11 is 1.23. The maximum atomic E-state index is 12.4. The van der Waals surface area contributed by atoms with Crippen LogP contribution in [0.2, 0.25) is 0 Å². The van der Waals surface area contributed by atoms with E-state index in [0.29, 0.717) is 10.5 Å². The fourth-order valence-corrected chi connectivity index (χ4v) is 3.54. The van der Waals surface area contributed by atoms with Gasteiger partial charge in [-0.2, -0.15) is 5.26 Å². The zero-order chi connectivity index (χ0) is 20.7. The molecule has 0 radical (unpaired) electrons. The minimum absolute atomic E-state index is 0.0431. The predicted octanol–water partition coefficient (Wildman–Crippen LogP) is 2.27. The molecule has 0 unspecified atom stereocenters. The van der Waals surface area contributed by atoms with Crippen molar-refractivity contribution in [3.05, 3.63) is 29.8 Å². The van der Waals surface area contributed by atoms with Gasteiger partial charge < -0.3 is 15.4 Å². The number of thioether (sulfide) groups is 1. The Bertz CT molecular complexity index is 786. The highest BCUT2D eigenvalue weighted by Crippen LogP contribution is 2.39. The van der Waals surface area contributed by atoms with E-state index in [1.54, 1.807) is 31.2 Å². The van der Waals surface area contributed by atoms with Crippen LogP contribution in [0, 0.1) is 17.2 Å². The third kappa shape index (κ3) is 6.27. The van der Waals surface area contributed by atoms with Crippen molar-refractivity contribution < 1.29 is 19.1 Å². The van der Waals surface area contributed by atoms with Crippen LogP contribution in [0.5, 0.6) is 0 Å². The topological polar surface area (TPSA) is 108 Å². The van der Waals surface area contributed by atoms with Crippen LogP contribution in [-0.4, -0.2) is 41.7 Å². The molecule has 28 heavy (non-hydrogen) atoms. The Kier molecular flexibility index (Phi) is 7.46. The number of amides is 2. The molecule has 1 aromatic carbocycles. The van der Waals surface area contributed by atoms with Crippen LogP contribution < -0.4 is 10.6 Å². The summed E-state index contributed by atoms with van der Waals surface area (Å²) in [6.45, 7) is 4.97. The molecule has 1 aliphatic carbocycles. The Labute approximate surface area is 169 Å². The first-order chi connectivity index (χ1) is 13.2. The van der Waals surface area contributed by atoms with Gasteiger partial charge in [-0.15, -0.1) is 11.8 Å². The molecule has 7 nitrogen and oxygen atoms in total. The molecule has 1 fully saturated rings. The lowest BCUT2D eigenvalue weighted by Gasteiger charge is -2.22. The third-order valence-electron chi connectivity index (χ3n) is 4.27. The Morgan fingerprint density at radius 2 is 1.96 bits per heavy atom. The highest BCUT2D eigenvalue weighted by atomic mass is 32.2. The molecule has 8 heteroatoms. The summed E-state index contributed by atoms with van der Waals surface area (Å²) in [7, 11) is 0. The molecule has 2 rings (SSSR count). The van der Waals surface area contributed by atoms with Gasteiger partial charge in [-0.3, -0.25) is 9.59 Å². The number of rotatable bonds is 9. The summed E-state index contributed by atoms with van der Waals surface area (Å²) in [6.07, 6.45) is 1.80. The largest absolute Gasteiger partial charge is 0.452 e. The van der Waals surface area contributed by atoms with Crippen molar-refractivity contribution >= 4 is 29.5 Å². The summed E-state index contributed by atoms with van der Waals surface area (Å²) < 4.78 is 5.12. The van der Waals surface area contributed by atoms with E-state index < -0.39 is 24.0 Å². The first-order valence-corrected chi connectivity index (χ1v) is 10.1. The van der Waals surface area contributed by atoms with Crippen LogP contribution in [0.25, 0.3) is 0 Å². The first-order valence-electron chi connectivity index (χ1n) is 9.15. The van der Waals surface area contributed by atoms with E-state index in [9.17, 15) is 19.6 Å². The summed E-state index contributed by atoms with van der Waals surface area (Å²) in [5.41, 5.74) is -0.635. The van der Waals surface area contributed by atoms with Crippen molar-refractivity contribution in [3.8, 4) is 6.07 Å². The van der Waals surface area contributed by atoms with Gasteiger partial charge in [-0.05, 0) is 51.7 Å². The zero-order valence-corrected chi connectivity index (χ0v) is 17.1. The zero-order valence-electron chi connectivity index (χ0n) is 16.3. The third-order valence-corrected chi connectivity index (χ3v) is 5.35. The predicted molar refractivity (Wildman–Crippen MR) is 106 cm³/mol. The molecule has 1 aliphatic rings. The molecule has 0 heterocycles. The highest BCUT2D eigenvalue weighted by Gasteiger charge is 2.43. The number of esters is 1. The van der Waals surface area contributed by atoms with Gasteiger partial charge in [-0.25, -0.2) is 4.79 Å². The van der Waals surface area contributed by atoms with Crippen LogP contribution >= 0.6 is 11.8 Å². The maximum absolute atomic E-state index is 12.4. The van der Waals surface area contributed by atoms with E-state index in [0.717, 1.165) is 12.8 Å². The Balaban J connectivity index is 1.91. The van der Waals surface area contributed by atoms with Crippen molar-refractivity contribution in [2.45, 2.75) is 50.1 Å². The Morgan fingerprint density at radius 3 is 2.57 bits per heavy atom. The maximum Gasteiger partial charge on any atom is 0.339 e. The van der Waals surface area contributed by atoms with Gasteiger partial charge in [-0.1, -0.05) is 12.1 Å². The normalized spacial score (nSPS) is 15.2. The lowest BCUT2D eigenvalue weighted by Crippen LogP contribution is -2.48. The lowest BCUT2D eigenvalue weighted by molar-refractivity contribution is -0.125.